The van der Waals surface area contributed by atoms with Gasteiger partial charge in [-0.3, -0.25) is 19.5 Å². The number of fused-ring (bicyclic) bond motifs is 1. The van der Waals surface area contributed by atoms with E-state index in [4.69, 9.17) is 0 Å². The lowest BCUT2D eigenvalue weighted by Gasteiger charge is -2.12. The minimum absolute atomic E-state index is 0.116. The molecule has 0 aliphatic carbocycles. The summed E-state index contributed by atoms with van der Waals surface area (Å²) in [6.45, 7) is 1.84. The van der Waals surface area contributed by atoms with Gasteiger partial charge in [-0.05, 0) is 25.1 Å². The lowest BCUT2D eigenvalue weighted by Crippen LogP contribution is -2.38. The molecule has 1 aliphatic heterocycles. The lowest BCUT2D eigenvalue weighted by atomic mass is 10.2. The predicted molar refractivity (Wildman–Crippen MR) is 82.9 cm³/mol. The van der Waals surface area contributed by atoms with Crippen molar-refractivity contribution in [1.29, 1.82) is 0 Å². The van der Waals surface area contributed by atoms with Gasteiger partial charge in [0.1, 0.15) is 0 Å². The van der Waals surface area contributed by atoms with Gasteiger partial charge in [0.25, 0.3) is 11.1 Å². The highest BCUT2D eigenvalue weighted by molar-refractivity contribution is 5.80. The maximum atomic E-state index is 12.3. The molecule has 7 nitrogen and oxygen atoms in total. The molecule has 1 aromatic heterocycles. The van der Waals surface area contributed by atoms with E-state index in [1.807, 2.05) is 0 Å². The van der Waals surface area contributed by atoms with Crippen LogP contribution >= 0.6 is 0 Å². The number of nitrogens with one attached hydrogen (secondary N) is 3. The number of benzene rings is 1. The third-order valence-corrected chi connectivity index (χ3v) is 3.87. The van der Waals surface area contributed by atoms with Crippen LogP contribution in [0.25, 0.3) is 10.8 Å². The Hall–Kier alpha value is -2.41. The van der Waals surface area contributed by atoms with Gasteiger partial charge in [0.05, 0.1) is 17.3 Å². The monoisotopic (exact) mass is 302 g/mol. The van der Waals surface area contributed by atoms with Crippen LogP contribution in [0.15, 0.2) is 33.9 Å². The van der Waals surface area contributed by atoms with Crippen molar-refractivity contribution >= 4 is 16.7 Å². The first kappa shape index (κ1) is 14.5. The number of H-pyrrole nitrogens is 1. The van der Waals surface area contributed by atoms with Gasteiger partial charge in [0, 0.05) is 19.0 Å². The largest absolute Gasteiger partial charge is 0.352 e. The van der Waals surface area contributed by atoms with Gasteiger partial charge < -0.3 is 10.6 Å². The minimum Gasteiger partial charge on any atom is -0.352 e. The molecule has 1 aliphatic rings. The van der Waals surface area contributed by atoms with E-state index >= 15 is 0 Å². The Kier molecular flexibility index (Phi) is 4.06. The first-order valence-corrected chi connectivity index (χ1v) is 7.37. The molecule has 1 amide bonds. The number of aromatic amines is 1. The topological polar surface area (TPSA) is 96.0 Å². The van der Waals surface area contributed by atoms with Crippen molar-refractivity contribution in [2.45, 2.75) is 25.4 Å². The van der Waals surface area contributed by atoms with Crippen LogP contribution in [0.5, 0.6) is 0 Å². The summed E-state index contributed by atoms with van der Waals surface area (Å²) in [7, 11) is 0. The zero-order valence-electron chi connectivity index (χ0n) is 12.1. The van der Waals surface area contributed by atoms with E-state index in [-0.39, 0.29) is 36.0 Å². The third-order valence-electron chi connectivity index (χ3n) is 3.87. The summed E-state index contributed by atoms with van der Waals surface area (Å²) in [4.78, 5) is 36.1. The molecule has 2 aromatic rings. The smallest absolute Gasteiger partial charge is 0.273 e. The highest BCUT2D eigenvalue weighted by atomic mass is 16.2. The van der Waals surface area contributed by atoms with Crippen molar-refractivity contribution in [3.05, 3.63) is 45.0 Å². The highest BCUT2D eigenvalue weighted by Crippen LogP contribution is 2.03. The summed E-state index contributed by atoms with van der Waals surface area (Å²) in [5.74, 6) is -0.116. The van der Waals surface area contributed by atoms with Gasteiger partial charge in [-0.25, -0.2) is 4.68 Å². The molecule has 7 heteroatoms. The normalized spacial score (nSPS) is 17.7. The van der Waals surface area contributed by atoms with E-state index in [2.05, 4.69) is 15.7 Å². The molecule has 0 radical (unpaired) electrons. The average Bonchev–Trinajstić information content (AvgIpc) is 3.02. The van der Waals surface area contributed by atoms with Gasteiger partial charge in [0.15, 0.2) is 0 Å². The van der Waals surface area contributed by atoms with E-state index in [9.17, 15) is 14.4 Å². The molecule has 1 atom stereocenters. The molecule has 0 bridgehead atoms. The second-order valence-electron chi connectivity index (χ2n) is 5.45. The number of nitrogens with zero attached hydrogens (tertiary/aromatic N) is 1. The number of hydrogen-bond donors (Lipinski definition) is 3. The summed E-state index contributed by atoms with van der Waals surface area (Å²) >= 11 is 0. The van der Waals surface area contributed by atoms with Crippen molar-refractivity contribution in [1.82, 2.24) is 20.4 Å². The van der Waals surface area contributed by atoms with Crippen molar-refractivity contribution in [3.63, 3.8) is 0 Å². The van der Waals surface area contributed by atoms with Crippen molar-refractivity contribution < 1.29 is 4.79 Å². The Morgan fingerprint density at radius 2 is 2.05 bits per heavy atom. The van der Waals surface area contributed by atoms with Gasteiger partial charge in [0.2, 0.25) is 5.91 Å². The molecule has 1 unspecified atom stereocenters. The Bertz CT molecular complexity index is 802. The van der Waals surface area contributed by atoms with Crippen LogP contribution < -0.4 is 21.8 Å². The van der Waals surface area contributed by atoms with Gasteiger partial charge in [-0.15, -0.1) is 0 Å². The Morgan fingerprint density at radius 1 is 1.27 bits per heavy atom. The predicted octanol–water partition coefficient (Wildman–Crippen LogP) is -0.442. The zero-order valence-corrected chi connectivity index (χ0v) is 12.1. The fourth-order valence-corrected chi connectivity index (χ4v) is 2.70. The number of carbonyl (C=O) groups excluding carboxylic acids is 1. The summed E-state index contributed by atoms with van der Waals surface area (Å²) < 4.78 is 1.21. The quantitative estimate of drug-likeness (QED) is 0.713. The number of amides is 1. The fraction of sp³-hybridized carbons (Fsp3) is 0.400. The molecule has 1 fully saturated rings. The van der Waals surface area contributed by atoms with Crippen LogP contribution in [0, 0.1) is 0 Å². The maximum Gasteiger partial charge on any atom is 0.273 e. The summed E-state index contributed by atoms with van der Waals surface area (Å²) in [5.41, 5.74) is -0.610. The second kappa shape index (κ2) is 6.15. The number of rotatable bonds is 4. The SMILES string of the molecule is O=C(CCn1[nH]c(=O)c2ccccc2c1=O)NC1CCNC1. The fourth-order valence-electron chi connectivity index (χ4n) is 2.70. The molecule has 1 aromatic carbocycles. The van der Waals surface area contributed by atoms with Crippen LogP contribution in [0.3, 0.4) is 0 Å². The molecule has 0 saturated carbocycles. The number of aromatic nitrogens is 2. The molecular formula is C15H18N4O3. The molecule has 116 valence electrons. The Labute approximate surface area is 126 Å². The maximum absolute atomic E-state index is 12.3. The molecular weight excluding hydrogens is 284 g/mol. The zero-order chi connectivity index (χ0) is 15.5. The Morgan fingerprint density at radius 3 is 2.77 bits per heavy atom. The summed E-state index contributed by atoms with van der Waals surface area (Å²) in [6.07, 6.45) is 1.07. The van der Waals surface area contributed by atoms with E-state index in [0.29, 0.717) is 10.8 Å². The molecule has 22 heavy (non-hydrogen) atoms. The average molecular weight is 302 g/mol. The van der Waals surface area contributed by atoms with E-state index in [1.165, 1.54) is 4.68 Å². The number of hydrogen-bond acceptors (Lipinski definition) is 4. The van der Waals surface area contributed by atoms with E-state index in [0.717, 1.165) is 19.5 Å². The first-order chi connectivity index (χ1) is 10.6. The molecule has 3 N–H and O–H groups in total. The van der Waals surface area contributed by atoms with Crippen molar-refractivity contribution in [2.75, 3.05) is 13.1 Å². The van der Waals surface area contributed by atoms with Gasteiger partial charge >= 0.3 is 0 Å². The van der Waals surface area contributed by atoms with Crippen LogP contribution in [-0.2, 0) is 11.3 Å². The second-order valence-corrected chi connectivity index (χ2v) is 5.45. The van der Waals surface area contributed by atoms with Crippen molar-refractivity contribution in [2.24, 2.45) is 0 Å². The van der Waals surface area contributed by atoms with E-state index < -0.39 is 0 Å². The van der Waals surface area contributed by atoms with Gasteiger partial charge in [-0.1, -0.05) is 12.1 Å². The van der Waals surface area contributed by atoms with Crippen LogP contribution in [0.2, 0.25) is 0 Å². The summed E-state index contributed by atoms with van der Waals surface area (Å²) in [5, 5.41) is 9.34. The molecule has 0 spiro atoms. The first-order valence-electron chi connectivity index (χ1n) is 7.37. The van der Waals surface area contributed by atoms with Crippen LogP contribution in [0.4, 0.5) is 0 Å². The van der Waals surface area contributed by atoms with Crippen molar-refractivity contribution in [3.8, 4) is 0 Å². The number of carbonyl (C=O) groups is 1. The van der Waals surface area contributed by atoms with Gasteiger partial charge in [-0.2, -0.15) is 0 Å². The molecule has 2 heterocycles. The lowest BCUT2D eigenvalue weighted by molar-refractivity contribution is -0.121. The third kappa shape index (κ3) is 2.94. The number of aryl methyl sites for hydroxylation is 1. The standard InChI is InChI=1S/C15H18N4O3/c20-13(17-10-5-7-16-9-10)6-8-19-15(22)12-4-2-1-3-11(12)14(21)18-19/h1-4,10,16H,5-9H2,(H,17,20)(H,18,21). The van der Waals surface area contributed by atoms with E-state index in [1.54, 1.807) is 24.3 Å². The Balaban J connectivity index is 1.74. The minimum atomic E-state index is -0.324. The van der Waals surface area contributed by atoms with Crippen LogP contribution in [0.1, 0.15) is 12.8 Å². The highest BCUT2D eigenvalue weighted by Gasteiger charge is 2.16. The molecule has 3 rings (SSSR count). The summed E-state index contributed by atoms with van der Waals surface area (Å²) in [6, 6.07) is 6.81. The molecule has 1 saturated heterocycles. The van der Waals surface area contributed by atoms with Crippen LogP contribution in [-0.4, -0.2) is 34.8 Å².